The van der Waals surface area contributed by atoms with Gasteiger partial charge in [-0.3, -0.25) is 4.99 Å². The summed E-state index contributed by atoms with van der Waals surface area (Å²) in [5.74, 6) is 1.07. The first kappa shape index (κ1) is 21.2. The minimum absolute atomic E-state index is 0.273. The van der Waals surface area contributed by atoms with Gasteiger partial charge < -0.3 is 10.1 Å². The van der Waals surface area contributed by atoms with Gasteiger partial charge in [0.2, 0.25) is 0 Å². The topological polar surface area (TPSA) is 59.4 Å². The van der Waals surface area contributed by atoms with Crippen molar-refractivity contribution in [1.29, 1.82) is 0 Å². The van der Waals surface area contributed by atoms with E-state index in [2.05, 4.69) is 26.9 Å². The van der Waals surface area contributed by atoms with Crippen LogP contribution in [0.3, 0.4) is 0 Å². The third kappa shape index (κ3) is 5.08. The highest BCUT2D eigenvalue weighted by Gasteiger charge is 2.12. The minimum Gasteiger partial charge on any atom is -0.492 e. The Kier molecular flexibility index (Phi) is 6.91. The Morgan fingerprint density at radius 2 is 1.93 bits per heavy atom. The van der Waals surface area contributed by atoms with Crippen LogP contribution in [-0.4, -0.2) is 35.9 Å². The predicted octanol–water partition coefficient (Wildman–Crippen LogP) is 5.45. The molecule has 1 heterocycles. The number of rotatable bonds is 8. The van der Waals surface area contributed by atoms with Gasteiger partial charge in [0.1, 0.15) is 29.2 Å². The number of halogens is 1. The maximum Gasteiger partial charge on any atom is 0.146 e. The maximum absolute atomic E-state index is 13.4. The van der Waals surface area contributed by atoms with Crippen molar-refractivity contribution in [3.63, 3.8) is 0 Å². The van der Waals surface area contributed by atoms with E-state index in [4.69, 9.17) is 4.74 Å². The molecule has 0 aliphatic heterocycles. The molecule has 6 heteroatoms. The number of hydrogen-bond acceptors (Lipinski definition) is 5. The second-order valence-corrected chi connectivity index (χ2v) is 6.74. The zero-order chi connectivity index (χ0) is 21.5. The average Bonchev–Trinajstić information content (AvgIpc) is 2.76. The summed E-state index contributed by atoms with van der Waals surface area (Å²) in [6.45, 7) is 8.95. The van der Waals surface area contributed by atoms with Gasteiger partial charge in [-0.15, -0.1) is 0 Å². The molecule has 0 aliphatic rings. The molecule has 1 N–H and O–H groups in total. The molecule has 2 aromatic carbocycles. The number of nitrogens with one attached hydrogen (secondary N) is 1. The van der Waals surface area contributed by atoms with Crippen LogP contribution in [0.25, 0.3) is 22.0 Å². The lowest BCUT2D eigenvalue weighted by Crippen LogP contribution is -2.06. The lowest BCUT2D eigenvalue weighted by molar-refractivity contribution is 0.344. The monoisotopic (exact) mass is 404 g/mol. The number of allylic oxidation sites excluding steroid dienone is 1. The Bertz CT molecular complexity index is 1100. The molecule has 0 radical (unpaired) electrons. The van der Waals surface area contributed by atoms with E-state index in [-0.39, 0.29) is 5.82 Å². The molecule has 0 aliphatic carbocycles. The first-order valence-corrected chi connectivity index (χ1v) is 9.72. The first-order chi connectivity index (χ1) is 14.5. The molecule has 0 unspecified atom stereocenters. The summed E-state index contributed by atoms with van der Waals surface area (Å²) in [7, 11) is 1.75. The van der Waals surface area contributed by atoms with Crippen molar-refractivity contribution in [3.8, 4) is 16.9 Å². The first-order valence-electron chi connectivity index (χ1n) is 9.72. The van der Waals surface area contributed by atoms with Crippen LogP contribution in [0.1, 0.15) is 13.8 Å². The summed E-state index contributed by atoms with van der Waals surface area (Å²) >= 11 is 0. The van der Waals surface area contributed by atoms with Gasteiger partial charge in [0.05, 0.1) is 6.61 Å². The Morgan fingerprint density at radius 3 is 2.63 bits per heavy atom. The summed E-state index contributed by atoms with van der Waals surface area (Å²) < 4.78 is 19.2. The largest absolute Gasteiger partial charge is 0.492 e. The molecule has 0 saturated carbocycles. The van der Waals surface area contributed by atoms with Crippen LogP contribution in [0.2, 0.25) is 0 Å². The molecule has 0 spiro atoms. The van der Waals surface area contributed by atoms with Crippen molar-refractivity contribution in [1.82, 2.24) is 9.97 Å². The summed E-state index contributed by atoms with van der Waals surface area (Å²) in [6.07, 6.45) is 5.35. The molecule has 30 heavy (non-hydrogen) atoms. The van der Waals surface area contributed by atoms with Crippen LogP contribution >= 0.6 is 0 Å². The summed E-state index contributed by atoms with van der Waals surface area (Å²) in [5, 5.41) is 4.15. The van der Waals surface area contributed by atoms with E-state index in [0.717, 1.165) is 33.3 Å². The van der Waals surface area contributed by atoms with E-state index in [9.17, 15) is 4.39 Å². The van der Waals surface area contributed by atoms with Gasteiger partial charge in [-0.05, 0) is 60.9 Å². The fourth-order valence-corrected chi connectivity index (χ4v) is 2.92. The lowest BCUT2D eigenvalue weighted by atomic mass is 10.0. The highest BCUT2D eigenvalue weighted by atomic mass is 19.1. The molecule has 0 fully saturated rings. The van der Waals surface area contributed by atoms with E-state index in [1.807, 2.05) is 38.1 Å². The van der Waals surface area contributed by atoms with Crippen molar-refractivity contribution < 1.29 is 9.13 Å². The van der Waals surface area contributed by atoms with E-state index in [1.165, 1.54) is 18.5 Å². The summed E-state index contributed by atoms with van der Waals surface area (Å²) in [5.41, 5.74) is 4.32. The maximum atomic E-state index is 13.4. The molecule has 0 amide bonds. The van der Waals surface area contributed by atoms with Gasteiger partial charge in [0, 0.05) is 24.7 Å². The fourth-order valence-electron chi connectivity index (χ4n) is 2.92. The second kappa shape index (κ2) is 9.78. The highest BCUT2D eigenvalue weighted by molar-refractivity contribution is 5.96. The van der Waals surface area contributed by atoms with Crippen LogP contribution in [0.5, 0.6) is 5.75 Å². The van der Waals surface area contributed by atoms with Gasteiger partial charge >= 0.3 is 0 Å². The summed E-state index contributed by atoms with van der Waals surface area (Å²) in [4.78, 5) is 12.9. The van der Waals surface area contributed by atoms with Gasteiger partial charge in [-0.2, -0.15) is 0 Å². The predicted molar refractivity (Wildman–Crippen MR) is 122 cm³/mol. The van der Waals surface area contributed by atoms with E-state index in [1.54, 1.807) is 19.2 Å². The number of hydrogen-bond donors (Lipinski definition) is 1. The molecular formula is C24H25FN4O. The number of benzene rings is 2. The molecule has 0 atom stereocenters. The van der Waals surface area contributed by atoms with Crippen LogP contribution in [-0.2, 0) is 0 Å². The zero-order valence-corrected chi connectivity index (χ0v) is 17.4. The Hall–Kier alpha value is -3.54. The molecule has 154 valence electrons. The van der Waals surface area contributed by atoms with E-state index in [0.29, 0.717) is 24.7 Å². The molecule has 1 aromatic heterocycles. The van der Waals surface area contributed by atoms with E-state index >= 15 is 0 Å². The zero-order valence-electron chi connectivity index (χ0n) is 17.4. The molecule has 3 aromatic rings. The molecule has 0 saturated heterocycles. The van der Waals surface area contributed by atoms with Crippen molar-refractivity contribution >= 4 is 22.4 Å². The van der Waals surface area contributed by atoms with E-state index < -0.39 is 0 Å². The van der Waals surface area contributed by atoms with Gasteiger partial charge in [-0.1, -0.05) is 24.8 Å². The van der Waals surface area contributed by atoms with Crippen LogP contribution in [0.4, 0.5) is 10.2 Å². The lowest BCUT2D eigenvalue weighted by Gasteiger charge is -2.14. The van der Waals surface area contributed by atoms with Crippen LogP contribution in [0.15, 0.2) is 72.0 Å². The van der Waals surface area contributed by atoms with Crippen LogP contribution < -0.4 is 10.1 Å². The Morgan fingerprint density at radius 1 is 1.17 bits per heavy atom. The third-order valence-electron chi connectivity index (χ3n) is 4.58. The number of nitrogens with zero attached hydrogens (tertiary/aromatic N) is 3. The van der Waals surface area contributed by atoms with Gasteiger partial charge in [-0.25, -0.2) is 14.4 Å². The molecule has 0 bridgehead atoms. The highest BCUT2D eigenvalue weighted by Crippen LogP contribution is 2.34. The standard InChI is InChI=1S/C24H25FN4O/c1-5-30-22-13-19(18-8-10-20(25)11-9-18)12-21-23(22)28-15-29-24(21)27-14-16(2)6-7-17(3)26-4/h6-13,15H,2,5,14H2,1,3-4H3,(H,27,28,29)/b7-6-,26-17?. The van der Waals surface area contributed by atoms with Crippen LogP contribution in [0, 0.1) is 5.82 Å². The van der Waals surface area contributed by atoms with Crippen molar-refractivity contribution in [3.05, 3.63) is 72.8 Å². The number of ether oxygens (including phenoxy) is 1. The smallest absolute Gasteiger partial charge is 0.146 e. The number of aromatic nitrogens is 2. The van der Waals surface area contributed by atoms with Gasteiger partial charge in [0.15, 0.2) is 0 Å². The SMILES string of the molecule is C=C(/C=C\C(C)=NC)CNc1ncnc2c(OCC)cc(-c3ccc(F)cc3)cc12. The quantitative estimate of drug-likeness (QED) is 0.401. The second-order valence-electron chi connectivity index (χ2n) is 6.74. The number of aliphatic imine (C=N–C) groups is 1. The minimum atomic E-state index is -0.273. The summed E-state index contributed by atoms with van der Waals surface area (Å²) in [6, 6.07) is 10.3. The third-order valence-corrected chi connectivity index (χ3v) is 4.58. The molecule has 3 rings (SSSR count). The van der Waals surface area contributed by atoms with Gasteiger partial charge in [0.25, 0.3) is 0 Å². The normalized spacial score (nSPS) is 11.8. The number of anilines is 1. The van der Waals surface area contributed by atoms with Crippen molar-refractivity contribution in [2.75, 3.05) is 25.5 Å². The van der Waals surface area contributed by atoms with Crippen molar-refractivity contribution in [2.45, 2.75) is 13.8 Å². The fraction of sp³-hybridized carbons (Fsp3) is 0.208. The average molecular weight is 404 g/mol. The number of fused-ring (bicyclic) bond motifs is 1. The molecular weight excluding hydrogens is 379 g/mol. The Balaban J connectivity index is 1.97. The van der Waals surface area contributed by atoms with Crippen molar-refractivity contribution in [2.24, 2.45) is 4.99 Å². The molecule has 5 nitrogen and oxygen atoms in total. The Labute approximate surface area is 176 Å².